The lowest BCUT2D eigenvalue weighted by Gasteiger charge is -2.18. The summed E-state index contributed by atoms with van der Waals surface area (Å²) in [6.07, 6.45) is 92.8. The third kappa shape index (κ3) is 53.0. The lowest BCUT2D eigenvalue weighted by molar-refractivity contribution is 0.101. The molecule has 0 bridgehead atoms. The Labute approximate surface area is 837 Å². The number of hydrogen-bond donors (Lipinski definition) is 2. The van der Waals surface area contributed by atoms with Gasteiger partial charge in [0.15, 0.2) is 23.0 Å². The maximum absolute atomic E-state index is 13.9. The molecular formula is C120H192N6O8S2. The van der Waals surface area contributed by atoms with Crippen molar-refractivity contribution < 1.29 is 38.0 Å². The Morgan fingerprint density at radius 2 is 0.368 bits per heavy atom. The molecule has 0 aliphatic carbocycles. The van der Waals surface area contributed by atoms with Crippen molar-refractivity contribution in [3.63, 3.8) is 0 Å². The molecule has 136 heavy (non-hydrogen) atoms. The van der Waals surface area contributed by atoms with Crippen LogP contribution in [0.4, 0.5) is 11.4 Å². The van der Waals surface area contributed by atoms with Crippen molar-refractivity contribution in [2.45, 2.75) is 504 Å². The molecule has 2 N–H and O–H groups in total. The Hall–Kier alpha value is -7.04. The van der Waals surface area contributed by atoms with E-state index in [1.165, 1.54) is 408 Å². The molecule has 0 aliphatic rings. The largest absolute Gasteiger partial charge is 0.490 e. The Morgan fingerprint density at radius 3 is 0.551 bits per heavy atom. The van der Waals surface area contributed by atoms with Crippen LogP contribution in [-0.4, -0.2) is 71.9 Å². The van der Waals surface area contributed by atoms with Gasteiger partial charge in [-0.3, -0.25) is 9.59 Å². The average molecular weight is 1910 g/mol. The topological polar surface area (TPSA) is 165 Å². The highest BCUT2D eigenvalue weighted by molar-refractivity contribution is 7.18. The van der Waals surface area contributed by atoms with Gasteiger partial charge in [0, 0.05) is 44.8 Å². The highest BCUT2D eigenvalue weighted by Crippen LogP contribution is 2.46. The molecule has 16 heteroatoms. The number of carbonyl (C=O) groups is 2. The molecule has 7 rings (SSSR count). The third-order valence-corrected chi connectivity index (χ3v) is 29.1. The molecular weight excluding hydrogens is 1720 g/mol. The number of rotatable bonds is 92. The van der Waals surface area contributed by atoms with Crippen molar-refractivity contribution in [1.29, 1.82) is 0 Å². The Morgan fingerprint density at radius 1 is 0.206 bits per heavy atom. The van der Waals surface area contributed by atoms with E-state index in [0.29, 0.717) is 96.6 Å². The fraction of sp³-hybridized carbons (Fsp3) is 0.700. The van der Waals surface area contributed by atoms with Gasteiger partial charge in [-0.05, 0) is 136 Å². The number of ether oxygens (including phenoxy) is 6. The van der Waals surface area contributed by atoms with Crippen LogP contribution in [0, 0.1) is 0 Å². The second kappa shape index (κ2) is 79.6. The molecule has 0 unspecified atom stereocenters. The van der Waals surface area contributed by atoms with Crippen LogP contribution in [0.3, 0.4) is 0 Å². The zero-order valence-electron chi connectivity index (χ0n) is 87.3. The summed E-state index contributed by atoms with van der Waals surface area (Å²) in [6.45, 7) is 17.4. The fourth-order valence-electron chi connectivity index (χ4n) is 18.3. The fourth-order valence-corrected chi connectivity index (χ4v) is 20.0. The van der Waals surface area contributed by atoms with E-state index in [1.54, 1.807) is 24.3 Å². The van der Waals surface area contributed by atoms with Gasteiger partial charge in [0.2, 0.25) is 11.5 Å². The van der Waals surface area contributed by atoms with Crippen LogP contribution in [0.2, 0.25) is 0 Å². The molecule has 0 radical (unpaired) electrons. The molecule has 762 valence electrons. The van der Waals surface area contributed by atoms with E-state index >= 15 is 0 Å². The van der Waals surface area contributed by atoms with E-state index < -0.39 is 0 Å². The lowest BCUT2D eigenvalue weighted by Crippen LogP contribution is -2.14. The van der Waals surface area contributed by atoms with E-state index in [4.69, 9.17) is 48.8 Å². The van der Waals surface area contributed by atoms with Gasteiger partial charge in [0.25, 0.3) is 11.8 Å². The number of benzene rings is 5. The zero-order valence-corrected chi connectivity index (χ0v) is 88.9. The van der Waals surface area contributed by atoms with Crippen LogP contribution >= 0.6 is 22.7 Å². The van der Waals surface area contributed by atoms with Crippen molar-refractivity contribution in [2.75, 3.05) is 50.3 Å². The van der Waals surface area contributed by atoms with Crippen molar-refractivity contribution in [1.82, 2.24) is 20.4 Å². The Bertz CT molecular complexity index is 3670. The van der Waals surface area contributed by atoms with Crippen LogP contribution in [0.25, 0.3) is 42.3 Å². The summed E-state index contributed by atoms with van der Waals surface area (Å²) in [5.41, 5.74) is 5.67. The van der Waals surface area contributed by atoms with Gasteiger partial charge in [-0.1, -0.05) is 488 Å². The molecule has 14 nitrogen and oxygen atoms in total. The Kier molecular flexibility index (Phi) is 67.9. The average Bonchev–Trinajstić information content (AvgIpc) is 1.57. The van der Waals surface area contributed by atoms with Gasteiger partial charge in [-0.15, -0.1) is 20.4 Å². The predicted molar refractivity (Wildman–Crippen MR) is 583 cm³/mol. The van der Waals surface area contributed by atoms with Crippen LogP contribution < -0.4 is 39.1 Å². The minimum absolute atomic E-state index is 0.285. The minimum Gasteiger partial charge on any atom is -0.490 e. The minimum atomic E-state index is -0.285. The Balaban J connectivity index is 0.976. The first kappa shape index (κ1) is 116. The molecule has 0 spiro atoms. The number of carbonyl (C=O) groups excluding carboxylic acids is 2. The van der Waals surface area contributed by atoms with E-state index in [0.717, 1.165) is 119 Å². The van der Waals surface area contributed by atoms with Crippen molar-refractivity contribution >= 4 is 45.9 Å². The highest BCUT2D eigenvalue weighted by atomic mass is 32.1. The maximum atomic E-state index is 13.9. The molecule has 7 aromatic rings. The third-order valence-electron chi connectivity index (χ3n) is 27.1. The van der Waals surface area contributed by atoms with Crippen molar-refractivity contribution in [3.05, 3.63) is 108 Å². The number of nitrogens with zero attached hydrogens (tertiary/aromatic N) is 4. The molecule has 0 fully saturated rings. The van der Waals surface area contributed by atoms with Crippen LogP contribution in [-0.2, 0) is 0 Å². The molecule has 5 aromatic carbocycles. The summed E-state index contributed by atoms with van der Waals surface area (Å²) in [4.78, 5) is 27.7. The number of nitrogens with one attached hydrogen (secondary N) is 2. The molecule has 0 atom stereocenters. The summed E-state index contributed by atoms with van der Waals surface area (Å²) in [5, 5.41) is 28.3. The zero-order chi connectivity index (χ0) is 95.9. The predicted octanol–water partition coefficient (Wildman–Crippen LogP) is 39.0. The first-order chi connectivity index (χ1) is 67.2. The van der Waals surface area contributed by atoms with Gasteiger partial charge in [-0.25, -0.2) is 0 Å². The number of anilines is 2. The molecule has 2 amide bonds. The molecule has 0 saturated carbocycles. The smallest absolute Gasteiger partial charge is 0.255 e. The summed E-state index contributed by atoms with van der Waals surface area (Å²) >= 11 is 3.05. The van der Waals surface area contributed by atoms with Crippen molar-refractivity contribution in [2.24, 2.45) is 0 Å². The molecule has 0 aliphatic heterocycles. The van der Waals surface area contributed by atoms with Crippen LogP contribution in [0.1, 0.15) is 525 Å². The maximum Gasteiger partial charge on any atom is 0.255 e. The number of hydrogen-bond acceptors (Lipinski definition) is 14. The lowest BCUT2D eigenvalue weighted by atomic mass is 10.1. The molecule has 2 heterocycles. The molecule has 0 saturated heterocycles. The quantitative estimate of drug-likeness (QED) is 0.0347. The first-order valence-electron chi connectivity index (χ1n) is 57.0. The van der Waals surface area contributed by atoms with Crippen LogP contribution in [0.5, 0.6) is 34.5 Å². The monoisotopic (exact) mass is 1910 g/mol. The van der Waals surface area contributed by atoms with Gasteiger partial charge >= 0.3 is 0 Å². The van der Waals surface area contributed by atoms with Crippen molar-refractivity contribution in [3.8, 4) is 76.8 Å². The van der Waals surface area contributed by atoms with E-state index in [-0.39, 0.29) is 11.8 Å². The van der Waals surface area contributed by atoms with E-state index in [2.05, 4.69) is 76.4 Å². The number of unbranched alkanes of at least 4 members (excludes halogenated alkanes) is 66. The molecule has 2 aromatic heterocycles. The number of amides is 2. The van der Waals surface area contributed by atoms with Crippen LogP contribution in [0.15, 0.2) is 97.1 Å². The SMILES string of the molecule is CCCCCCCCCCCCCCOc1cc(-c2nnc(-c3ccc(NC(=O)c4ccc(C(=O)Nc5ccc(-c6nnc(-c7cc(OCCCCCCCCCCCCCC)c(OCCCCCCCCCCCCCC)c(OCCCCCCCCCCCCCC)c7)s6)cc5)cc4)cc3)s2)cc(OCCCCCCCCCCCCCC)c1OCCCCCCCCCCCCCC. The summed E-state index contributed by atoms with van der Waals surface area (Å²) in [6, 6.07) is 30.6. The summed E-state index contributed by atoms with van der Waals surface area (Å²) in [5.74, 6) is 3.68. The van der Waals surface area contributed by atoms with E-state index in [9.17, 15) is 9.59 Å². The van der Waals surface area contributed by atoms with Gasteiger partial charge in [0.1, 0.15) is 20.0 Å². The van der Waals surface area contributed by atoms with E-state index in [1.807, 2.05) is 48.5 Å². The summed E-state index contributed by atoms with van der Waals surface area (Å²) in [7, 11) is 0. The standard InChI is InChI=1S/C120H192N6O8S2/c1-7-13-19-25-31-37-43-49-55-61-67-73-91-129-109-97-105(98-110(130-92-74-68-62-56-50-44-38-32-26-20-14-8-2)113(109)133-95-77-71-65-59-53-47-41-35-29-23-17-11-5)119-125-123-117(135-119)103-83-87-107(88-84-103)121-115(127)101-79-81-102(82-80-101)116(128)122-108-89-85-104(86-90-108)118-124-126-120(136-118)106-99-111(131-93-75-69-63-57-51-45-39-33-27-21-15-9-3)114(134-96-78-72-66-60-54-48-42-36-30-24-18-12-6)112(100-106)132-94-76-70-64-58-52-46-40-34-28-22-16-10-4/h79-90,97-100H,7-78,91-96H2,1-6H3,(H,121,127)(H,122,128). The normalized spacial score (nSPS) is 11.5. The summed E-state index contributed by atoms with van der Waals surface area (Å²) < 4.78 is 40.8. The van der Waals surface area contributed by atoms with Gasteiger partial charge in [-0.2, -0.15) is 0 Å². The van der Waals surface area contributed by atoms with Gasteiger partial charge < -0.3 is 39.1 Å². The first-order valence-corrected chi connectivity index (χ1v) is 58.6. The second-order valence-corrected chi connectivity index (χ2v) is 41.4. The second-order valence-electron chi connectivity index (χ2n) is 39.5. The number of aromatic nitrogens is 4. The highest BCUT2D eigenvalue weighted by Gasteiger charge is 2.24. The van der Waals surface area contributed by atoms with Gasteiger partial charge in [0.05, 0.1) is 39.6 Å².